The summed E-state index contributed by atoms with van der Waals surface area (Å²) in [6.07, 6.45) is -3.56. The first-order valence-corrected chi connectivity index (χ1v) is 11.1. The van der Waals surface area contributed by atoms with E-state index in [2.05, 4.69) is 15.3 Å². The molecule has 0 unspecified atom stereocenters. The molecule has 0 aromatic carbocycles. The Bertz CT molecular complexity index is 945. The zero-order valence-corrected chi connectivity index (χ0v) is 17.3. The summed E-state index contributed by atoms with van der Waals surface area (Å²) < 4.78 is 37.8. The van der Waals surface area contributed by atoms with Crippen molar-refractivity contribution in [2.24, 2.45) is 0 Å². The van der Waals surface area contributed by atoms with Gasteiger partial charge < -0.3 is 5.32 Å². The van der Waals surface area contributed by atoms with Gasteiger partial charge in [0.1, 0.15) is 10.0 Å². The van der Waals surface area contributed by atoms with Gasteiger partial charge in [0, 0.05) is 34.8 Å². The third-order valence-corrected chi connectivity index (χ3v) is 6.49. The number of carbonyl (C=O) groups excluding carboxylic acids is 1. The van der Waals surface area contributed by atoms with Crippen LogP contribution in [0.1, 0.15) is 11.3 Å². The molecule has 28 heavy (non-hydrogen) atoms. The van der Waals surface area contributed by atoms with E-state index in [0.29, 0.717) is 23.0 Å². The Morgan fingerprint density at radius 2 is 2.14 bits per heavy atom. The lowest BCUT2D eigenvalue weighted by Crippen LogP contribution is -2.27. The highest BCUT2D eigenvalue weighted by molar-refractivity contribution is 7.99. The lowest BCUT2D eigenvalue weighted by molar-refractivity contribution is -0.137. The van der Waals surface area contributed by atoms with Crippen LogP contribution in [0.3, 0.4) is 0 Å². The van der Waals surface area contributed by atoms with Crippen LogP contribution in [0, 0.1) is 0 Å². The van der Waals surface area contributed by atoms with E-state index in [1.165, 1.54) is 23.1 Å². The molecule has 1 amide bonds. The largest absolute Gasteiger partial charge is 0.417 e. The van der Waals surface area contributed by atoms with E-state index in [1.54, 1.807) is 11.3 Å². The maximum atomic E-state index is 12.6. The first kappa shape index (κ1) is 21.1. The zero-order chi connectivity index (χ0) is 20.1. The molecule has 4 nitrogen and oxygen atoms in total. The monoisotopic (exact) mass is 463 g/mol. The fourth-order valence-electron chi connectivity index (χ4n) is 2.16. The number of thiazole rings is 1. The quantitative estimate of drug-likeness (QED) is 0.377. The molecule has 0 atom stereocenters. The molecule has 148 valence electrons. The smallest absolute Gasteiger partial charge is 0.355 e. The average molecular weight is 464 g/mol. The predicted molar refractivity (Wildman–Crippen MR) is 107 cm³/mol. The van der Waals surface area contributed by atoms with Crippen LogP contribution in [0.4, 0.5) is 13.2 Å². The van der Waals surface area contributed by atoms with Gasteiger partial charge in [0.2, 0.25) is 5.91 Å². The van der Waals surface area contributed by atoms with Crippen LogP contribution in [0.25, 0.3) is 10.6 Å². The minimum atomic E-state index is -4.48. The molecule has 0 aliphatic rings. The normalized spacial score (nSPS) is 11.6. The highest BCUT2D eigenvalue weighted by atomic mass is 35.5. The van der Waals surface area contributed by atoms with Crippen LogP contribution >= 0.6 is 46.0 Å². The molecule has 0 aliphatic heterocycles. The molecular weight excluding hydrogens is 451 g/mol. The second kappa shape index (κ2) is 9.25. The number of carbonyl (C=O) groups is 1. The Balaban J connectivity index is 1.43. The number of hydrogen-bond acceptors (Lipinski definition) is 6. The van der Waals surface area contributed by atoms with Crippen molar-refractivity contribution in [1.29, 1.82) is 0 Å². The van der Waals surface area contributed by atoms with E-state index in [4.69, 9.17) is 11.6 Å². The molecule has 3 heterocycles. The van der Waals surface area contributed by atoms with E-state index in [-0.39, 0.29) is 17.4 Å². The van der Waals surface area contributed by atoms with Gasteiger partial charge in [-0.15, -0.1) is 23.1 Å². The summed E-state index contributed by atoms with van der Waals surface area (Å²) in [4.78, 5) is 20.2. The first-order chi connectivity index (χ1) is 13.3. The second-order valence-electron chi connectivity index (χ2n) is 5.54. The predicted octanol–water partition coefficient (Wildman–Crippen LogP) is 5.39. The lowest BCUT2D eigenvalue weighted by atomic mass is 10.3. The molecule has 0 fully saturated rings. The van der Waals surface area contributed by atoms with Gasteiger partial charge in [0.25, 0.3) is 0 Å². The molecule has 3 rings (SSSR count). The number of rotatable bonds is 7. The summed E-state index contributed by atoms with van der Waals surface area (Å²) in [5, 5.41) is 9.69. The van der Waals surface area contributed by atoms with Crippen molar-refractivity contribution in [3.63, 3.8) is 0 Å². The van der Waals surface area contributed by atoms with Crippen LogP contribution in [-0.2, 0) is 17.4 Å². The van der Waals surface area contributed by atoms with Gasteiger partial charge in [-0.2, -0.15) is 24.5 Å². The van der Waals surface area contributed by atoms with E-state index in [0.717, 1.165) is 22.8 Å². The molecule has 3 aromatic heterocycles. The molecule has 0 saturated carbocycles. The van der Waals surface area contributed by atoms with Crippen molar-refractivity contribution in [1.82, 2.24) is 15.3 Å². The molecule has 0 radical (unpaired) electrons. The van der Waals surface area contributed by atoms with Crippen molar-refractivity contribution in [3.05, 3.63) is 50.7 Å². The van der Waals surface area contributed by atoms with Crippen LogP contribution in [-0.4, -0.2) is 28.2 Å². The van der Waals surface area contributed by atoms with Crippen molar-refractivity contribution < 1.29 is 18.0 Å². The number of halogens is 4. The summed E-state index contributed by atoms with van der Waals surface area (Å²) >= 11 is 10.1. The molecule has 0 bridgehead atoms. The molecule has 0 aliphatic carbocycles. The Hall–Kier alpha value is -1.62. The van der Waals surface area contributed by atoms with Gasteiger partial charge in [-0.1, -0.05) is 11.6 Å². The third kappa shape index (κ3) is 5.69. The van der Waals surface area contributed by atoms with Crippen LogP contribution in [0.15, 0.2) is 39.5 Å². The standard InChI is InChI=1S/C17H13ClF3N3OS3/c18-13-5-11(17(19,20)21)7-23-16(13)27-4-2-22-14(25)6-12-9-28-15(24-12)10-1-3-26-8-10/h1,3,5,7-9H,2,4,6H2,(H,22,25). The summed E-state index contributed by atoms with van der Waals surface area (Å²) in [6, 6.07) is 2.83. The average Bonchev–Trinajstić information content (AvgIpc) is 3.30. The van der Waals surface area contributed by atoms with Crippen molar-refractivity contribution >= 4 is 51.9 Å². The van der Waals surface area contributed by atoms with Gasteiger partial charge in [0.15, 0.2) is 0 Å². The second-order valence-corrected chi connectivity index (χ2v) is 8.67. The number of alkyl halides is 3. The minimum absolute atomic E-state index is 0.0606. The van der Waals surface area contributed by atoms with E-state index in [1.807, 2.05) is 22.2 Å². The lowest BCUT2D eigenvalue weighted by Gasteiger charge is -2.09. The number of aromatic nitrogens is 2. The van der Waals surface area contributed by atoms with Crippen LogP contribution in [0.2, 0.25) is 5.02 Å². The summed E-state index contributed by atoms with van der Waals surface area (Å²) in [5.74, 6) is 0.260. The highest BCUT2D eigenvalue weighted by Crippen LogP contribution is 2.33. The summed E-state index contributed by atoms with van der Waals surface area (Å²) in [6.45, 7) is 0.337. The maximum Gasteiger partial charge on any atom is 0.417 e. The minimum Gasteiger partial charge on any atom is -0.355 e. The number of nitrogens with zero attached hydrogens (tertiary/aromatic N) is 2. The SMILES string of the molecule is O=C(Cc1csc(-c2ccsc2)n1)NCCSc1ncc(C(F)(F)F)cc1Cl. The Morgan fingerprint density at radius 1 is 1.32 bits per heavy atom. The molecule has 3 aromatic rings. The van der Waals surface area contributed by atoms with Crippen LogP contribution < -0.4 is 5.32 Å². The van der Waals surface area contributed by atoms with Crippen molar-refractivity contribution in [2.75, 3.05) is 12.3 Å². The summed E-state index contributed by atoms with van der Waals surface area (Å²) in [5.41, 5.74) is 0.850. The Morgan fingerprint density at radius 3 is 2.82 bits per heavy atom. The van der Waals surface area contributed by atoms with Gasteiger partial charge in [-0.05, 0) is 17.5 Å². The van der Waals surface area contributed by atoms with Crippen molar-refractivity contribution in [2.45, 2.75) is 17.6 Å². The third-order valence-electron chi connectivity index (χ3n) is 3.46. The highest BCUT2D eigenvalue weighted by Gasteiger charge is 2.31. The maximum absolute atomic E-state index is 12.6. The summed E-state index contributed by atoms with van der Waals surface area (Å²) in [7, 11) is 0. The number of nitrogens with one attached hydrogen (secondary N) is 1. The van der Waals surface area contributed by atoms with E-state index >= 15 is 0 Å². The topological polar surface area (TPSA) is 54.9 Å². The van der Waals surface area contributed by atoms with Crippen LogP contribution in [0.5, 0.6) is 0 Å². The molecule has 1 N–H and O–H groups in total. The molecule has 0 saturated heterocycles. The van der Waals surface area contributed by atoms with Gasteiger partial charge in [0.05, 0.1) is 22.7 Å². The van der Waals surface area contributed by atoms with Gasteiger partial charge >= 0.3 is 6.18 Å². The number of hydrogen-bond donors (Lipinski definition) is 1. The number of pyridine rings is 1. The molecule has 0 spiro atoms. The van der Waals surface area contributed by atoms with Gasteiger partial charge in [-0.3, -0.25) is 4.79 Å². The number of thioether (sulfide) groups is 1. The van der Waals surface area contributed by atoms with Crippen molar-refractivity contribution in [3.8, 4) is 10.6 Å². The van der Waals surface area contributed by atoms with Gasteiger partial charge in [-0.25, -0.2) is 9.97 Å². The van der Waals surface area contributed by atoms with E-state index in [9.17, 15) is 18.0 Å². The molecular formula is C17H13ClF3N3OS3. The first-order valence-electron chi connectivity index (χ1n) is 7.92. The Labute approximate surface area is 176 Å². The number of amides is 1. The molecule has 11 heteroatoms. The Kier molecular flexibility index (Phi) is 6.97. The number of thiophene rings is 1. The fourth-order valence-corrected chi connectivity index (χ4v) is 4.74. The van der Waals surface area contributed by atoms with E-state index < -0.39 is 11.7 Å². The fraction of sp³-hybridized carbons (Fsp3) is 0.235. The zero-order valence-electron chi connectivity index (χ0n) is 14.1.